The number of hydrogen-bond acceptors (Lipinski definition) is 6. The van der Waals surface area contributed by atoms with Crippen molar-refractivity contribution in [2.24, 2.45) is 0 Å². The summed E-state index contributed by atoms with van der Waals surface area (Å²) >= 11 is 3.61. The average molecular weight is 330 g/mol. The molecule has 1 aromatic heterocycles. The fraction of sp³-hybridized carbons (Fsp3) is 0.250. The summed E-state index contributed by atoms with van der Waals surface area (Å²) in [6.07, 6.45) is 3.33. The van der Waals surface area contributed by atoms with Gasteiger partial charge in [-0.1, -0.05) is 6.07 Å². The maximum atomic E-state index is 12.3. The van der Waals surface area contributed by atoms with E-state index in [1.807, 2.05) is 30.0 Å². The number of hydrogen-bond donors (Lipinski definition) is 0. The number of rotatable bonds is 5. The first-order valence-corrected chi connectivity index (χ1v) is 8.94. The van der Waals surface area contributed by atoms with Gasteiger partial charge in [0.2, 0.25) is 0 Å². The second-order valence-electron chi connectivity index (χ2n) is 4.84. The van der Waals surface area contributed by atoms with Crippen molar-refractivity contribution in [1.29, 1.82) is 0 Å². The predicted molar refractivity (Wildman–Crippen MR) is 87.8 cm³/mol. The molecular formula is C16H14N2O2S2. The van der Waals surface area contributed by atoms with Gasteiger partial charge in [-0.05, 0) is 18.2 Å². The van der Waals surface area contributed by atoms with Crippen molar-refractivity contribution in [2.45, 2.75) is 22.6 Å². The van der Waals surface area contributed by atoms with Crippen LogP contribution in [0.15, 0.2) is 46.5 Å². The molecule has 0 spiro atoms. The highest BCUT2D eigenvalue weighted by Gasteiger charge is 2.15. The van der Waals surface area contributed by atoms with Gasteiger partial charge < -0.3 is 0 Å². The fourth-order valence-electron chi connectivity index (χ4n) is 2.19. The molecule has 1 aromatic carbocycles. The van der Waals surface area contributed by atoms with E-state index in [0.717, 1.165) is 11.5 Å². The summed E-state index contributed by atoms with van der Waals surface area (Å²) in [5.41, 5.74) is 1.19. The predicted octanol–water partition coefficient (Wildman–Crippen LogP) is 3.52. The van der Waals surface area contributed by atoms with Crippen LogP contribution in [0.2, 0.25) is 0 Å². The number of fused-ring (bicyclic) bond motifs is 1. The highest BCUT2D eigenvalue weighted by Crippen LogP contribution is 2.37. The van der Waals surface area contributed by atoms with Gasteiger partial charge in [-0.3, -0.25) is 9.59 Å². The minimum absolute atomic E-state index is 0.00865. The molecular weight excluding hydrogens is 316 g/mol. The van der Waals surface area contributed by atoms with Crippen molar-refractivity contribution in [3.8, 4) is 0 Å². The zero-order valence-electron chi connectivity index (χ0n) is 11.8. The molecule has 2 aromatic rings. The van der Waals surface area contributed by atoms with Gasteiger partial charge in [0.1, 0.15) is 0 Å². The molecule has 0 radical (unpaired) electrons. The molecule has 3 rings (SSSR count). The molecule has 0 unspecified atom stereocenters. The van der Waals surface area contributed by atoms with E-state index in [9.17, 15) is 9.59 Å². The van der Waals surface area contributed by atoms with Crippen LogP contribution in [0.25, 0.3) is 0 Å². The number of Topliss-reactive ketones (excluding diaryl/α,β-unsaturated/α-hetero) is 2. The van der Waals surface area contributed by atoms with Crippen LogP contribution in [0.4, 0.5) is 0 Å². The summed E-state index contributed by atoms with van der Waals surface area (Å²) in [6.45, 7) is 0. The minimum Gasteiger partial charge on any atom is -0.294 e. The molecule has 4 nitrogen and oxygen atoms in total. The molecule has 0 amide bonds. The van der Waals surface area contributed by atoms with Crippen LogP contribution < -0.4 is 0 Å². The Morgan fingerprint density at radius 2 is 1.64 bits per heavy atom. The summed E-state index contributed by atoms with van der Waals surface area (Å²) in [7, 11) is 0. The smallest absolute Gasteiger partial charge is 0.164 e. The van der Waals surface area contributed by atoms with E-state index in [1.54, 1.807) is 17.8 Å². The number of benzene rings is 1. The molecule has 112 valence electrons. The lowest BCUT2D eigenvalue weighted by Crippen LogP contribution is -2.06. The molecule has 1 aliphatic heterocycles. The van der Waals surface area contributed by atoms with E-state index in [4.69, 9.17) is 0 Å². The summed E-state index contributed by atoms with van der Waals surface area (Å²) < 4.78 is 0. The van der Waals surface area contributed by atoms with Gasteiger partial charge in [-0.2, -0.15) is 10.2 Å². The first-order chi connectivity index (χ1) is 10.7. The van der Waals surface area contributed by atoms with Crippen molar-refractivity contribution in [2.75, 3.05) is 11.5 Å². The first-order valence-electron chi connectivity index (χ1n) is 6.97. The van der Waals surface area contributed by atoms with E-state index < -0.39 is 0 Å². The summed E-state index contributed by atoms with van der Waals surface area (Å²) in [4.78, 5) is 26.7. The molecule has 0 saturated heterocycles. The molecule has 2 heterocycles. The normalized spacial score (nSPS) is 13.5. The van der Waals surface area contributed by atoms with Crippen molar-refractivity contribution in [3.05, 3.63) is 47.8 Å². The fourth-order valence-corrected chi connectivity index (χ4v) is 4.43. The Labute approximate surface area is 137 Å². The molecule has 22 heavy (non-hydrogen) atoms. The van der Waals surface area contributed by atoms with Gasteiger partial charge in [0, 0.05) is 45.3 Å². The zero-order chi connectivity index (χ0) is 15.4. The number of thioether (sulfide) groups is 2. The quantitative estimate of drug-likeness (QED) is 0.782. The second-order valence-corrected chi connectivity index (χ2v) is 7.11. The molecule has 0 aliphatic carbocycles. The Morgan fingerprint density at radius 3 is 2.36 bits per heavy atom. The van der Waals surface area contributed by atoms with Crippen LogP contribution in [0.1, 0.15) is 33.6 Å². The zero-order valence-corrected chi connectivity index (χ0v) is 13.5. The number of nitrogens with zero attached hydrogens (tertiary/aromatic N) is 2. The molecule has 0 N–H and O–H groups in total. The number of ketones is 2. The van der Waals surface area contributed by atoms with E-state index in [1.165, 1.54) is 22.2 Å². The molecule has 6 heteroatoms. The third kappa shape index (κ3) is 3.56. The highest BCUT2D eigenvalue weighted by atomic mass is 32.2. The van der Waals surface area contributed by atoms with E-state index in [-0.39, 0.29) is 24.4 Å². The number of aromatic nitrogens is 2. The van der Waals surface area contributed by atoms with Crippen LogP contribution in [0.3, 0.4) is 0 Å². The van der Waals surface area contributed by atoms with Crippen LogP contribution in [-0.2, 0) is 0 Å². The Hall–Kier alpha value is -1.66. The van der Waals surface area contributed by atoms with E-state index in [0.29, 0.717) is 11.1 Å². The van der Waals surface area contributed by atoms with Gasteiger partial charge in [0.05, 0.1) is 12.4 Å². The summed E-state index contributed by atoms with van der Waals surface area (Å²) in [6, 6.07) is 7.44. The van der Waals surface area contributed by atoms with E-state index in [2.05, 4.69) is 10.2 Å². The largest absolute Gasteiger partial charge is 0.294 e. The number of carbonyl (C=O) groups is 2. The Morgan fingerprint density at radius 1 is 0.909 bits per heavy atom. The van der Waals surface area contributed by atoms with Crippen molar-refractivity contribution < 1.29 is 9.59 Å². The lowest BCUT2D eigenvalue weighted by Gasteiger charge is -2.15. The van der Waals surface area contributed by atoms with Crippen molar-refractivity contribution >= 4 is 35.1 Å². The van der Waals surface area contributed by atoms with E-state index >= 15 is 0 Å². The summed E-state index contributed by atoms with van der Waals surface area (Å²) in [5.74, 6) is 2.11. The Kier molecular flexibility index (Phi) is 4.90. The molecule has 0 saturated carbocycles. The first kappa shape index (κ1) is 15.2. The highest BCUT2D eigenvalue weighted by molar-refractivity contribution is 8.05. The monoisotopic (exact) mass is 330 g/mol. The van der Waals surface area contributed by atoms with Gasteiger partial charge in [-0.25, -0.2) is 0 Å². The third-order valence-electron chi connectivity index (χ3n) is 3.35. The summed E-state index contributed by atoms with van der Waals surface area (Å²) in [5, 5.41) is 7.32. The lowest BCUT2D eigenvalue weighted by molar-refractivity contribution is 0.0917. The lowest BCUT2D eigenvalue weighted by atomic mass is 10.0. The SMILES string of the molecule is O=C(CCC(=O)c1ccc2c(c1)SCCS2)c1ccnnc1. The van der Waals surface area contributed by atoms with Crippen LogP contribution in [-0.4, -0.2) is 33.3 Å². The Balaban J connectivity index is 1.64. The molecule has 0 bridgehead atoms. The second kappa shape index (κ2) is 7.07. The van der Waals surface area contributed by atoms with Crippen LogP contribution in [0, 0.1) is 0 Å². The molecule has 0 fully saturated rings. The maximum absolute atomic E-state index is 12.3. The average Bonchev–Trinajstić information content (AvgIpc) is 2.59. The van der Waals surface area contributed by atoms with Gasteiger partial charge in [-0.15, -0.1) is 23.5 Å². The number of carbonyl (C=O) groups excluding carboxylic acids is 2. The van der Waals surface area contributed by atoms with Gasteiger partial charge >= 0.3 is 0 Å². The van der Waals surface area contributed by atoms with Crippen molar-refractivity contribution in [1.82, 2.24) is 10.2 Å². The minimum atomic E-state index is -0.0776. The Bertz CT molecular complexity index is 705. The van der Waals surface area contributed by atoms with Crippen LogP contribution in [0.5, 0.6) is 0 Å². The standard InChI is InChI=1S/C16H14N2O2S2/c19-13(2-3-14(20)12-5-6-17-18-10-12)11-1-4-15-16(9-11)22-8-7-21-15/h1,4-6,9-10H,2-3,7-8H2. The van der Waals surface area contributed by atoms with Gasteiger partial charge in [0.15, 0.2) is 11.6 Å². The van der Waals surface area contributed by atoms with Crippen LogP contribution >= 0.6 is 23.5 Å². The molecule has 1 aliphatic rings. The molecule has 0 atom stereocenters. The van der Waals surface area contributed by atoms with Crippen molar-refractivity contribution in [3.63, 3.8) is 0 Å². The third-order valence-corrected chi connectivity index (χ3v) is 5.87. The topological polar surface area (TPSA) is 59.9 Å². The van der Waals surface area contributed by atoms with Gasteiger partial charge in [0.25, 0.3) is 0 Å². The maximum Gasteiger partial charge on any atom is 0.164 e.